The van der Waals surface area contributed by atoms with E-state index in [0.717, 1.165) is 18.5 Å². The van der Waals surface area contributed by atoms with E-state index in [4.69, 9.17) is 0 Å². The number of aliphatic hydroxyl groups is 1. The van der Waals surface area contributed by atoms with Crippen LogP contribution < -0.4 is 5.32 Å². The van der Waals surface area contributed by atoms with Crippen molar-refractivity contribution < 1.29 is 5.11 Å². The van der Waals surface area contributed by atoms with Gasteiger partial charge in [-0.25, -0.2) is 4.68 Å². The molecule has 0 saturated heterocycles. The van der Waals surface area contributed by atoms with E-state index in [0.29, 0.717) is 13.1 Å². The highest BCUT2D eigenvalue weighted by atomic mass is 16.3. The van der Waals surface area contributed by atoms with Crippen molar-refractivity contribution in [3.8, 4) is 0 Å². The predicted octanol–water partition coefficient (Wildman–Crippen LogP) is 1.72. The maximum atomic E-state index is 10.2. The maximum Gasteiger partial charge on any atom is 0.0965 e. The predicted molar refractivity (Wildman–Crippen MR) is 72.1 cm³/mol. The van der Waals surface area contributed by atoms with Crippen LogP contribution in [0.2, 0.25) is 0 Å². The summed E-state index contributed by atoms with van der Waals surface area (Å²) in [6.45, 7) is 11.5. The van der Waals surface area contributed by atoms with Crippen LogP contribution in [0.4, 0.5) is 0 Å². The molecule has 104 valence electrons. The van der Waals surface area contributed by atoms with Crippen molar-refractivity contribution in [2.45, 2.75) is 71.7 Å². The smallest absolute Gasteiger partial charge is 0.0965 e. The fourth-order valence-electron chi connectivity index (χ4n) is 1.63. The summed E-state index contributed by atoms with van der Waals surface area (Å²) in [5.41, 5.74) is 0.291. The molecule has 18 heavy (non-hydrogen) atoms. The van der Waals surface area contributed by atoms with E-state index in [1.165, 1.54) is 0 Å². The number of nitrogens with zero attached hydrogens (tertiary/aromatic N) is 3. The van der Waals surface area contributed by atoms with Crippen LogP contribution in [0.25, 0.3) is 0 Å². The molecule has 0 amide bonds. The molecule has 0 aliphatic rings. The van der Waals surface area contributed by atoms with Crippen LogP contribution in [0.3, 0.4) is 0 Å². The average molecular weight is 254 g/mol. The van der Waals surface area contributed by atoms with Crippen LogP contribution in [0.1, 0.15) is 53.2 Å². The van der Waals surface area contributed by atoms with Crippen molar-refractivity contribution in [3.05, 3.63) is 11.9 Å². The highest BCUT2D eigenvalue weighted by Gasteiger charge is 2.23. The Bertz CT molecular complexity index is 363. The van der Waals surface area contributed by atoms with E-state index < -0.39 is 5.60 Å². The van der Waals surface area contributed by atoms with E-state index >= 15 is 0 Å². The Balaban J connectivity index is 2.58. The van der Waals surface area contributed by atoms with E-state index in [1.807, 2.05) is 20.0 Å². The van der Waals surface area contributed by atoms with Crippen molar-refractivity contribution in [3.63, 3.8) is 0 Å². The SMILES string of the molecule is CCC(O)(CC)Cn1cc(CNC(C)(C)C)nn1. The Labute approximate surface area is 110 Å². The Kier molecular flexibility index (Phi) is 4.87. The van der Waals surface area contributed by atoms with Gasteiger partial charge in [0.05, 0.1) is 17.8 Å². The molecule has 0 aliphatic heterocycles. The van der Waals surface area contributed by atoms with Gasteiger partial charge < -0.3 is 10.4 Å². The third kappa shape index (κ3) is 4.74. The first-order valence-corrected chi connectivity index (χ1v) is 6.64. The normalized spacial score (nSPS) is 13.0. The van der Waals surface area contributed by atoms with Gasteiger partial charge in [-0.1, -0.05) is 19.1 Å². The molecule has 5 nitrogen and oxygen atoms in total. The molecule has 1 aromatic rings. The summed E-state index contributed by atoms with van der Waals surface area (Å²) in [5, 5.41) is 21.8. The molecular weight excluding hydrogens is 228 g/mol. The molecule has 1 heterocycles. The van der Waals surface area contributed by atoms with Crippen LogP contribution in [0.15, 0.2) is 6.20 Å². The second-order valence-corrected chi connectivity index (χ2v) is 5.94. The first-order valence-electron chi connectivity index (χ1n) is 6.64. The van der Waals surface area contributed by atoms with Crippen LogP contribution in [-0.2, 0) is 13.1 Å². The lowest BCUT2D eigenvalue weighted by molar-refractivity contribution is 0.0114. The van der Waals surface area contributed by atoms with Crippen molar-refractivity contribution in [2.75, 3.05) is 0 Å². The zero-order valence-electron chi connectivity index (χ0n) is 12.2. The highest BCUT2D eigenvalue weighted by Crippen LogP contribution is 2.16. The quantitative estimate of drug-likeness (QED) is 0.811. The number of hydrogen-bond acceptors (Lipinski definition) is 4. The molecular formula is C13H26N4O. The minimum absolute atomic E-state index is 0.0668. The van der Waals surface area contributed by atoms with Gasteiger partial charge in [0.2, 0.25) is 0 Å². The number of hydrogen-bond donors (Lipinski definition) is 2. The Morgan fingerprint density at radius 1 is 1.28 bits per heavy atom. The lowest BCUT2D eigenvalue weighted by atomic mass is 9.98. The summed E-state index contributed by atoms with van der Waals surface area (Å²) in [5.74, 6) is 0. The second kappa shape index (κ2) is 5.80. The van der Waals surface area contributed by atoms with Crippen LogP contribution in [-0.4, -0.2) is 31.2 Å². The third-order valence-electron chi connectivity index (χ3n) is 3.16. The molecule has 5 heteroatoms. The summed E-state index contributed by atoms with van der Waals surface area (Å²) in [7, 11) is 0. The summed E-state index contributed by atoms with van der Waals surface area (Å²) in [6, 6.07) is 0. The van der Waals surface area contributed by atoms with Crippen molar-refractivity contribution >= 4 is 0 Å². The Morgan fingerprint density at radius 2 is 1.89 bits per heavy atom. The molecule has 0 atom stereocenters. The van der Waals surface area contributed by atoms with Crippen LogP contribution >= 0.6 is 0 Å². The van der Waals surface area contributed by atoms with Gasteiger partial charge in [-0.3, -0.25) is 0 Å². The molecule has 0 spiro atoms. The third-order valence-corrected chi connectivity index (χ3v) is 3.16. The minimum atomic E-state index is -0.678. The molecule has 0 unspecified atom stereocenters. The topological polar surface area (TPSA) is 63.0 Å². The minimum Gasteiger partial charge on any atom is -0.388 e. The summed E-state index contributed by atoms with van der Waals surface area (Å²) >= 11 is 0. The molecule has 1 rings (SSSR count). The van der Waals surface area contributed by atoms with Crippen LogP contribution in [0, 0.1) is 0 Å². The van der Waals surface area contributed by atoms with Crippen molar-refractivity contribution in [1.82, 2.24) is 20.3 Å². The summed E-state index contributed by atoms with van der Waals surface area (Å²) < 4.78 is 1.73. The van der Waals surface area contributed by atoms with E-state index in [9.17, 15) is 5.11 Å². The number of nitrogens with one attached hydrogen (secondary N) is 1. The monoisotopic (exact) mass is 254 g/mol. The molecule has 0 radical (unpaired) electrons. The number of aromatic nitrogens is 3. The maximum absolute atomic E-state index is 10.2. The summed E-state index contributed by atoms with van der Waals surface area (Å²) in [4.78, 5) is 0. The molecule has 1 aromatic heterocycles. The second-order valence-electron chi connectivity index (χ2n) is 5.94. The zero-order chi connectivity index (χ0) is 13.8. The van der Waals surface area contributed by atoms with Gasteiger partial charge in [-0.15, -0.1) is 5.10 Å². The van der Waals surface area contributed by atoms with Crippen molar-refractivity contribution in [2.24, 2.45) is 0 Å². The van der Waals surface area contributed by atoms with Gasteiger partial charge in [0.15, 0.2) is 0 Å². The van der Waals surface area contributed by atoms with Gasteiger partial charge in [0.1, 0.15) is 0 Å². The lowest BCUT2D eigenvalue weighted by Crippen LogP contribution is -2.35. The first kappa shape index (κ1) is 15.1. The highest BCUT2D eigenvalue weighted by molar-refractivity contribution is 4.94. The van der Waals surface area contributed by atoms with E-state index in [-0.39, 0.29) is 5.54 Å². The number of rotatable bonds is 6. The lowest BCUT2D eigenvalue weighted by Gasteiger charge is -2.24. The molecule has 0 aromatic carbocycles. The molecule has 0 fully saturated rings. The Hall–Kier alpha value is -0.940. The van der Waals surface area contributed by atoms with Crippen LogP contribution in [0.5, 0.6) is 0 Å². The average Bonchev–Trinajstić information content (AvgIpc) is 2.73. The zero-order valence-corrected chi connectivity index (χ0v) is 12.2. The fourth-order valence-corrected chi connectivity index (χ4v) is 1.63. The molecule has 0 saturated carbocycles. The molecule has 2 N–H and O–H groups in total. The van der Waals surface area contributed by atoms with Gasteiger partial charge in [-0.2, -0.15) is 0 Å². The fraction of sp³-hybridized carbons (Fsp3) is 0.846. The van der Waals surface area contributed by atoms with Gasteiger partial charge in [0.25, 0.3) is 0 Å². The van der Waals surface area contributed by atoms with E-state index in [2.05, 4.69) is 36.4 Å². The summed E-state index contributed by atoms with van der Waals surface area (Å²) in [6.07, 6.45) is 3.34. The molecule has 0 bridgehead atoms. The van der Waals surface area contributed by atoms with Gasteiger partial charge in [-0.05, 0) is 33.6 Å². The van der Waals surface area contributed by atoms with Gasteiger partial charge >= 0.3 is 0 Å². The molecule has 0 aliphatic carbocycles. The van der Waals surface area contributed by atoms with Gasteiger partial charge in [0, 0.05) is 18.3 Å². The Morgan fingerprint density at radius 3 is 2.39 bits per heavy atom. The van der Waals surface area contributed by atoms with E-state index in [1.54, 1.807) is 4.68 Å². The van der Waals surface area contributed by atoms with Crippen molar-refractivity contribution in [1.29, 1.82) is 0 Å². The largest absolute Gasteiger partial charge is 0.388 e. The standard InChI is InChI=1S/C13H26N4O/c1-6-13(18,7-2)10-17-9-11(15-16-17)8-14-12(3,4)5/h9,14,18H,6-8,10H2,1-5H3. The first-order chi connectivity index (χ1) is 8.28.